The van der Waals surface area contributed by atoms with Crippen LogP contribution in [0.25, 0.3) is 0 Å². The Balaban J connectivity index is 0.00000220. The van der Waals surface area contributed by atoms with E-state index in [0.717, 1.165) is 31.5 Å². The Morgan fingerprint density at radius 3 is 2.90 bits per heavy atom. The highest BCUT2D eigenvalue weighted by molar-refractivity contribution is 5.85. The third-order valence-corrected chi connectivity index (χ3v) is 3.15. The lowest BCUT2D eigenvalue weighted by molar-refractivity contribution is -0.123. The average molecular weight is 321 g/mol. The van der Waals surface area contributed by atoms with E-state index in [1.54, 1.807) is 6.92 Å². The predicted molar refractivity (Wildman–Crippen MR) is 77.7 cm³/mol. The van der Waals surface area contributed by atoms with Crippen LogP contribution in [-0.2, 0) is 4.79 Å². The Bertz CT molecular complexity index is 482. The topological polar surface area (TPSA) is 50.4 Å². The first-order valence-corrected chi connectivity index (χ1v) is 6.68. The molecule has 1 fully saturated rings. The Hall–Kier alpha value is -1.40. The molecule has 1 aliphatic heterocycles. The van der Waals surface area contributed by atoms with E-state index in [1.165, 1.54) is 6.07 Å². The molecule has 2 atom stereocenters. The minimum absolute atomic E-state index is 0. The summed E-state index contributed by atoms with van der Waals surface area (Å²) in [5.74, 6) is -1.49. The van der Waals surface area contributed by atoms with Crippen LogP contribution in [0.4, 0.5) is 8.78 Å². The highest BCUT2D eigenvalue weighted by Gasteiger charge is 2.23. The van der Waals surface area contributed by atoms with E-state index < -0.39 is 11.6 Å². The molecule has 0 aliphatic carbocycles. The third-order valence-electron chi connectivity index (χ3n) is 3.15. The maximum absolute atomic E-state index is 13.3. The monoisotopic (exact) mass is 320 g/mol. The van der Waals surface area contributed by atoms with Gasteiger partial charge in [-0.05, 0) is 38.4 Å². The van der Waals surface area contributed by atoms with Crippen molar-refractivity contribution < 1.29 is 18.3 Å². The van der Waals surface area contributed by atoms with Crippen LogP contribution in [0.1, 0.15) is 19.8 Å². The van der Waals surface area contributed by atoms with Crippen LogP contribution in [0, 0.1) is 11.6 Å². The molecule has 1 heterocycles. The van der Waals surface area contributed by atoms with Gasteiger partial charge in [-0.3, -0.25) is 4.79 Å². The predicted octanol–water partition coefficient (Wildman–Crippen LogP) is 2.02. The SMILES string of the molecule is CC(COc1ccc(F)cc1F)NC(=O)C1CCCN1.Cl. The van der Waals surface area contributed by atoms with E-state index >= 15 is 0 Å². The summed E-state index contributed by atoms with van der Waals surface area (Å²) in [4.78, 5) is 11.8. The first-order chi connectivity index (χ1) is 9.56. The number of carbonyl (C=O) groups is 1. The Morgan fingerprint density at radius 1 is 1.52 bits per heavy atom. The normalized spacial score (nSPS) is 18.7. The van der Waals surface area contributed by atoms with Gasteiger partial charge in [0.1, 0.15) is 12.4 Å². The zero-order chi connectivity index (χ0) is 14.5. The molecule has 2 N–H and O–H groups in total. The van der Waals surface area contributed by atoms with Gasteiger partial charge in [0.05, 0.1) is 12.1 Å². The number of carbonyl (C=O) groups excluding carboxylic acids is 1. The fourth-order valence-corrected chi connectivity index (χ4v) is 2.10. The van der Waals surface area contributed by atoms with Gasteiger partial charge in [0.2, 0.25) is 5.91 Å². The molecule has 1 aromatic rings. The van der Waals surface area contributed by atoms with Gasteiger partial charge in [-0.25, -0.2) is 8.78 Å². The second kappa shape index (κ2) is 8.14. The van der Waals surface area contributed by atoms with Crippen molar-refractivity contribution in [3.8, 4) is 5.75 Å². The van der Waals surface area contributed by atoms with Gasteiger partial charge in [-0.2, -0.15) is 0 Å². The third kappa shape index (κ3) is 5.13. The number of hydrogen-bond donors (Lipinski definition) is 2. The molecule has 1 saturated heterocycles. The molecule has 1 amide bonds. The zero-order valence-corrected chi connectivity index (χ0v) is 12.5. The minimum atomic E-state index is -0.749. The first kappa shape index (κ1) is 17.7. The fourth-order valence-electron chi connectivity index (χ4n) is 2.10. The zero-order valence-electron chi connectivity index (χ0n) is 11.7. The van der Waals surface area contributed by atoms with Crippen molar-refractivity contribution in [2.45, 2.75) is 31.8 Å². The van der Waals surface area contributed by atoms with Crippen LogP contribution < -0.4 is 15.4 Å². The first-order valence-electron chi connectivity index (χ1n) is 6.68. The van der Waals surface area contributed by atoms with Crippen LogP contribution in [0.3, 0.4) is 0 Å². The van der Waals surface area contributed by atoms with E-state index in [1.807, 2.05) is 0 Å². The average Bonchev–Trinajstić information content (AvgIpc) is 2.91. The van der Waals surface area contributed by atoms with Crippen molar-refractivity contribution >= 4 is 18.3 Å². The highest BCUT2D eigenvalue weighted by atomic mass is 35.5. The molecule has 0 radical (unpaired) electrons. The quantitative estimate of drug-likeness (QED) is 0.872. The Morgan fingerprint density at radius 2 is 2.29 bits per heavy atom. The lowest BCUT2D eigenvalue weighted by atomic mass is 10.2. The Kier molecular flexibility index (Phi) is 6.84. The minimum Gasteiger partial charge on any atom is -0.488 e. The molecule has 7 heteroatoms. The molecular weight excluding hydrogens is 302 g/mol. The highest BCUT2D eigenvalue weighted by Crippen LogP contribution is 2.17. The maximum atomic E-state index is 13.3. The largest absolute Gasteiger partial charge is 0.488 e. The second-order valence-electron chi connectivity index (χ2n) is 4.94. The van der Waals surface area contributed by atoms with E-state index in [4.69, 9.17) is 4.74 Å². The number of ether oxygens (including phenoxy) is 1. The summed E-state index contributed by atoms with van der Waals surface area (Å²) in [5, 5.41) is 5.90. The molecule has 0 saturated carbocycles. The van der Waals surface area contributed by atoms with Crippen LogP contribution >= 0.6 is 12.4 Å². The summed E-state index contributed by atoms with van der Waals surface area (Å²) in [6.45, 7) is 2.75. The molecule has 1 aromatic carbocycles. The van der Waals surface area contributed by atoms with Crippen molar-refractivity contribution in [1.29, 1.82) is 0 Å². The van der Waals surface area contributed by atoms with Crippen LogP contribution in [0.5, 0.6) is 5.75 Å². The summed E-state index contributed by atoms with van der Waals surface area (Å²) >= 11 is 0. The number of nitrogens with one attached hydrogen (secondary N) is 2. The van der Waals surface area contributed by atoms with Crippen molar-refractivity contribution in [3.63, 3.8) is 0 Å². The molecule has 0 bridgehead atoms. The lowest BCUT2D eigenvalue weighted by Gasteiger charge is -2.18. The molecule has 4 nitrogen and oxygen atoms in total. The van der Waals surface area contributed by atoms with Crippen LogP contribution in [0.15, 0.2) is 18.2 Å². The summed E-state index contributed by atoms with van der Waals surface area (Å²) < 4.78 is 31.3. The number of halogens is 3. The number of amides is 1. The van der Waals surface area contributed by atoms with Gasteiger partial charge in [0, 0.05) is 6.07 Å². The van der Waals surface area contributed by atoms with Crippen LogP contribution in [-0.4, -0.2) is 31.1 Å². The van der Waals surface area contributed by atoms with Gasteiger partial charge in [0.25, 0.3) is 0 Å². The molecule has 2 unspecified atom stereocenters. The molecule has 0 aromatic heterocycles. The van der Waals surface area contributed by atoms with Crippen molar-refractivity contribution in [3.05, 3.63) is 29.8 Å². The maximum Gasteiger partial charge on any atom is 0.237 e. The molecule has 1 aliphatic rings. The number of benzene rings is 1. The molecule has 21 heavy (non-hydrogen) atoms. The molecule has 0 spiro atoms. The van der Waals surface area contributed by atoms with Crippen molar-refractivity contribution in [2.75, 3.05) is 13.2 Å². The van der Waals surface area contributed by atoms with E-state index in [9.17, 15) is 13.6 Å². The summed E-state index contributed by atoms with van der Waals surface area (Å²) in [5.41, 5.74) is 0. The number of rotatable bonds is 5. The van der Waals surface area contributed by atoms with Gasteiger partial charge in [-0.15, -0.1) is 12.4 Å². The summed E-state index contributed by atoms with van der Waals surface area (Å²) in [7, 11) is 0. The van der Waals surface area contributed by atoms with Gasteiger partial charge >= 0.3 is 0 Å². The smallest absolute Gasteiger partial charge is 0.237 e. The van der Waals surface area contributed by atoms with Crippen molar-refractivity contribution in [1.82, 2.24) is 10.6 Å². The molecular formula is C14H19ClF2N2O2. The van der Waals surface area contributed by atoms with Gasteiger partial charge in [0.15, 0.2) is 11.6 Å². The van der Waals surface area contributed by atoms with Gasteiger partial charge in [-0.1, -0.05) is 0 Å². The standard InChI is InChI=1S/C14H18F2N2O2.ClH/c1-9(18-14(19)12-3-2-6-17-12)8-20-13-5-4-10(15)7-11(13)16;/h4-5,7,9,12,17H,2-3,6,8H2,1H3,(H,18,19);1H. The van der Waals surface area contributed by atoms with Crippen LogP contribution in [0.2, 0.25) is 0 Å². The van der Waals surface area contributed by atoms with Gasteiger partial charge < -0.3 is 15.4 Å². The molecule has 118 valence electrons. The lowest BCUT2D eigenvalue weighted by Crippen LogP contribution is -2.46. The van der Waals surface area contributed by atoms with Crippen molar-refractivity contribution in [2.24, 2.45) is 0 Å². The Labute approximate surface area is 128 Å². The van der Waals surface area contributed by atoms with E-state index in [0.29, 0.717) is 0 Å². The second-order valence-corrected chi connectivity index (χ2v) is 4.94. The summed E-state index contributed by atoms with van der Waals surface area (Å²) in [6.07, 6.45) is 1.82. The van der Waals surface area contributed by atoms with E-state index in [-0.39, 0.29) is 42.8 Å². The van der Waals surface area contributed by atoms with E-state index in [2.05, 4.69) is 10.6 Å². The number of hydrogen-bond acceptors (Lipinski definition) is 3. The summed E-state index contributed by atoms with van der Waals surface area (Å²) in [6, 6.07) is 2.72. The molecule has 2 rings (SSSR count). The fraction of sp³-hybridized carbons (Fsp3) is 0.500.